The Morgan fingerprint density at radius 2 is 2.11 bits per heavy atom. The number of hydrogen-bond donors (Lipinski definition) is 1. The number of nitrogens with zero attached hydrogens (tertiary/aromatic N) is 1. The van der Waals surface area contributed by atoms with Crippen LogP contribution in [0.3, 0.4) is 0 Å². The molecule has 4 nitrogen and oxygen atoms in total. The molecule has 0 radical (unpaired) electrons. The molecule has 1 aliphatic heterocycles. The summed E-state index contributed by atoms with van der Waals surface area (Å²) in [6, 6.07) is 8.60. The molecule has 1 amide bonds. The Bertz CT molecular complexity index is 513. The molecule has 1 unspecified atom stereocenters. The van der Waals surface area contributed by atoms with Gasteiger partial charge in [0.2, 0.25) is 5.91 Å². The highest BCUT2D eigenvalue weighted by Crippen LogP contribution is 2.30. The first-order valence-corrected chi connectivity index (χ1v) is 7.12. The molecule has 1 aromatic rings. The fourth-order valence-electron chi connectivity index (χ4n) is 2.08. The third-order valence-electron chi connectivity index (χ3n) is 2.98. The SMILES string of the molecule is CCC(C(=O)O)N1C(=O)CSC=C1c1ccccc1. The lowest BCUT2D eigenvalue weighted by Crippen LogP contribution is -2.45. The Labute approximate surface area is 116 Å². The molecule has 1 N–H and O–H groups in total. The summed E-state index contributed by atoms with van der Waals surface area (Å²) >= 11 is 1.40. The zero-order chi connectivity index (χ0) is 13.8. The van der Waals surface area contributed by atoms with Crippen molar-refractivity contribution in [1.29, 1.82) is 0 Å². The lowest BCUT2D eigenvalue weighted by Gasteiger charge is -2.33. The van der Waals surface area contributed by atoms with Crippen LogP contribution in [0.2, 0.25) is 0 Å². The van der Waals surface area contributed by atoms with Crippen LogP contribution in [0.1, 0.15) is 18.9 Å². The monoisotopic (exact) mass is 277 g/mol. The first kappa shape index (κ1) is 13.7. The van der Waals surface area contributed by atoms with E-state index in [1.165, 1.54) is 16.7 Å². The Kier molecular flexibility index (Phi) is 4.27. The summed E-state index contributed by atoms with van der Waals surface area (Å²) in [5.41, 5.74) is 1.54. The van der Waals surface area contributed by atoms with Crippen LogP contribution >= 0.6 is 11.8 Å². The Balaban J connectivity index is 2.42. The van der Waals surface area contributed by atoms with Gasteiger partial charge in [-0.05, 0) is 17.4 Å². The van der Waals surface area contributed by atoms with Crippen LogP contribution in [0.25, 0.3) is 5.70 Å². The minimum absolute atomic E-state index is 0.152. The maximum absolute atomic E-state index is 12.1. The molecule has 1 aromatic carbocycles. The second-order valence-electron chi connectivity index (χ2n) is 4.21. The van der Waals surface area contributed by atoms with Crippen molar-refractivity contribution in [2.24, 2.45) is 0 Å². The molecule has 100 valence electrons. The average Bonchev–Trinajstić information content (AvgIpc) is 2.42. The number of carboxylic acid groups (broad SMARTS) is 1. The van der Waals surface area contributed by atoms with Gasteiger partial charge in [0, 0.05) is 0 Å². The molecular formula is C14H15NO3S. The van der Waals surface area contributed by atoms with Crippen LogP contribution in [0, 0.1) is 0 Å². The van der Waals surface area contributed by atoms with Crippen LogP contribution < -0.4 is 0 Å². The zero-order valence-electron chi connectivity index (χ0n) is 10.6. The van der Waals surface area contributed by atoms with Crippen molar-refractivity contribution in [1.82, 2.24) is 4.90 Å². The van der Waals surface area contributed by atoms with Gasteiger partial charge in [0.15, 0.2) is 0 Å². The van der Waals surface area contributed by atoms with Crippen LogP contribution in [0.15, 0.2) is 35.7 Å². The average molecular weight is 277 g/mol. The Morgan fingerprint density at radius 1 is 1.42 bits per heavy atom. The van der Waals surface area contributed by atoms with Gasteiger partial charge in [-0.1, -0.05) is 37.3 Å². The van der Waals surface area contributed by atoms with Crippen LogP contribution in [0.4, 0.5) is 0 Å². The molecule has 19 heavy (non-hydrogen) atoms. The largest absolute Gasteiger partial charge is 0.480 e. The third kappa shape index (κ3) is 2.81. The second-order valence-corrected chi connectivity index (χ2v) is 5.06. The first-order valence-electron chi connectivity index (χ1n) is 6.07. The molecule has 0 fully saturated rings. The number of benzene rings is 1. The van der Waals surface area contributed by atoms with Crippen molar-refractivity contribution in [3.8, 4) is 0 Å². The number of rotatable bonds is 4. The number of carbonyl (C=O) groups is 2. The van der Waals surface area contributed by atoms with Crippen LogP contribution in [-0.4, -0.2) is 33.7 Å². The van der Waals surface area contributed by atoms with E-state index >= 15 is 0 Å². The summed E-state index contributed by atoms with van der Waals surface area (Å²) < 4.78 is 0. The van der Waals surface area contributed by atoms with Crippen molar-refractivity contribution < 1.29 is 14.7 Å². The van der Waals surface area contributed by atoms with Crippen molar-refractivity contribution in [2.75, 3.05) is 5.75 Å². The Hall–Kier alpha value is -1.75. The quantitative estimate of drug-likeness (QED) is 0.918. The fourth-order valence-corrected chi connectivity index (χ4v) is 2.85. The summed E-state index contributed by atoms with van der Waals surface area (Å²) in [4.78, 5) is 24.8. The van der Waals surface area contributed by atoms with Gasteiger partial charge in [0.05, 0.1) is 11.4 Å². The van der Waals surface area contributed by atoms with Gasteiger partial charge < -0.3 is 5.11 Å². The summed E-state index contributed by atoms with van der Waals surface area (Å²) in [5.74, 6) is -0.828. The van der Waals surface area contributed by atoms with Gasteiger partial charge >= 0.3 is 5.97 Å². The minimum atomic E-state index is -0.968. The highest BCUT2D eigenvalue weighted by molar-refractivity contribution is 8.03. The maximum Gasteiger partial charge on any atom is 0.326 e. The molecule has 5 heteroatoms. The van der Waals surface area contributed by atoms with Gasteiger partial charge in [-0.2, -0.15) is 0 Å². The number of hydrogen-bond acceptors (Lipinski definition) is 3. The number of aliphatic carboxylic acids is 1. The fraction of sp³-hybridized carbons (Fsp3) is 0.286. The second kappa shape index (κ2) is 5.93. The standard InChI is InChI=1S/C14H15NO3S/c1-2-11(14(17)18)15-12(8-19-9-13(15)16)10-6-4-3-5-7-10/h3-8,11H,2,9H2,1H3,(H,17,18). The lowest BCUT2D eigenvalue weighted by molar-refractivity contribution is -0.146. The van der Waals surface area contributed by atoms with Gasteiger partial charge in [-0.3, -0.25) is 9.69 Å². The lowest BCUT2D eigenvalue weighted by atomic mass is 10.1. The molecular weight excluding hydrogens is 262 g/mol. The van der Waals surface area contributed by atoms with Gasteiger partial charge in [0.25, 0.3) is 0 Å². The molecule has 0 bridgehead atoms. The molecule has 0 saturated carbocycles. The summed E-state index contributed by atoms with van der Waals surface area (Å²) in [5, 5.41) is 11.1. The predicted molar refractivity (Wildman–Crippen MR) is 75.4 cm³/mol. The van der Waals surface area contributed by atoms with E-state index in [1.807, 2.05) is 35.7 Å². The topological polar surface area (TPSA) is 57.6 Å². The predicted octanol–water partition coefficient (Wildman–Crippen LogP) is 2.42. The van der Waals surface area contributed by atoms with E-state index < -0.39 is 12.0 Å². The summed E-state index contributed by atoms with van der Waals surface area (Å²) in [6.45, 7) is 1.77. The minimum Gasteiger partial charge on any atom is -0.480 e. The van der Waals surface area contributed by atoms with Gasteiger partial charge in [-0.25, -0.2) is 4.79 Å². The molecule has 2 rings (SSSR count). The van der Waals surface area contributed by atoms with Crippen molar-refractivity contribution >= 4 is 29.3 Å². The number of amides is 1. The van der Waals surface area contributed by atoms with E-state index in [0.717, 1.165) is 5.56 Å². The Morgan fingerprint density at radius 3 is 2.68 bits per heavy atom. The van der Waals surface area contributed by atoms with E-state index in [4.69, 9.17) is 0 Å². The molecule has 1 heterocycles. The highest BCUT2D eigenvalue weighted by Gasteiger charge is 2.33. The number of thioether (sulfide) groups is 1. The molecule has 0 saturated heterocycles. The molecule has 0 aliphatic carbocycles. The zero-order valence-corrected chi connectivity index (χ0v) is 11.4. The van der Waals surface area contributed by atoms with Gasteiger partial charge in [0.1, 0.15) is 6.04 Å². The van der Waals surface area contributed by atoms with Gasteiger partial charge in [-0.15, -0.1) is 11.8 Å². The number of carboxylic acids is 1. The van der Waals surface area contributed by atoms with E-state index in [2.05, 4.69) is 0 Å². The van der Waals surface area contributed by atoms with E-state index in [9.17, 15) is 14.7 Å². The van der Waals surface area contributed by atoms with E-state index in [1.54, 1.807) is 6.92 Å². The van der Waals surface area contributed by atoms with Crippen molar-refractivity contribution in [3.63, 3.8) is 0 Å². The molecule has 1 aliphatic rings. The van der Waals surface area contributed by atoms with Crippen molar-refractivity contribution in [3.05, 3.63) is 41.3 Å². The smallest absolute Gasteiger partial charge is 0.326 e. The molecule has 0 aromatic heterocycles. The number of carbonyl (C=O) groups excluding carboxylic acids is 1. The molecule has 1 atom stereocenters. The highest BCUT2D eigenvalue weighted by atomic mass is 32.2. The first-order chi connectivity index (χ1) is 9.15. The maximum atomic E-state index is 12.1. The van der Waals surface area contributed by atoms with E-state index in [-0.39, 0.29) is 5.91 Å². The van der Waals surface area contributed by atoms with Crippen LogP contribution in [0.5, 0.6) is 0 Å². The summed E-state index contributed by atoms with van der Waals surface area (Å²) in [6.07, 6.45) is 0.385. The molecule has 0 spiro atoms. The third-order valence-corrected chi connectivity index (χ3v) is 3.79. The summed E-state index contributed by atoms with van der Waals surface area (Å²) in [7, 11) is 0. The van der Waals surface area contributed by atoms with Crippen LogP contribution in [-0.2, 0) is 9.59 Å². The van der Waals surface area contributed by atoms with Crippen molar-refractivity contribution in [2.45, 2.75) is 19.4 Å². The normalized spacial score (nSPS) is 17.0. The van der Waals surface area contributed by atoms with E-state index in [0.29, 0.717) is 17.9 Å².